The molecule has 3 aromatic rings. The maximum Gasteiger partial charge on any atom is 0.295 e. The molecule has 1 fully saturated rings. The molecule has 8 heteroatoms. The molecule has 1 atom stereocenters. The van der Waals surface area contributed by atoms with Gasteiger partial charge in [0.2, 0.25) is 0 Å². The summed E-state index contributed by atoms with van der Waals surface area (Å²) in [7, 11) is 1.48. The number of aliphatic hydroxyl groups excluding tert-OH is 1. The summed E-state index contributed by atoms with van der Waals surface area (Å²) in [4.78, 5) is 35.5. The van der Waals surface area contributed by atoms with Crippen LogP contribution in [-0.2, 0) is 16.1 Å². The second-order valence-electron chi connectivity index (χ2n) is 6.91. The van der Waals surface area contributed by atoms with E-state index < -0.39 is 17.7 Å². The monoisotopic (exact) mass is 435 g/mol. The van der Waals surface area contributed by atoms with Gasteiger partial charge in [0.15, 0.2) is 0 Å². The summed E-state index contributed by atoms with van der Waals surface area (Å²) in [5.41, 5.74) is 1.55. The average molecular weight is 436 g/mol. The Hall–Kier alpha value is -3.71. The van der Waals surface area contributed by atoms with Gasteiger partial charge in [-0.25, -0.2) is 0 Å². The van der Waals surface area contributed by atoms with Crippen molar-refractivity contribution >= 4 is 29.1 Å². The van der Waals surface area contributed by atoms with Gasteiger partial charge in [-0.2, -0.15) is 0 Å². The SMILES string of the molecule is COc1ccc(Cl)c(/C(O)=C2\C(=O)C(=O)N(Cc3cccnc3)C2c2ccncc2)c1. The van der Waals surface area contributed by atoms with Crippen LogP contribution in [0.4, 0.5) is 0 Å². The molecule has 3 heterocycles. The van der Waals surface area contributed by atoms with Crippen LogP contribution >= 0.6 is 11.6 Å². The summed E-state index contributed by atoms with van der Waals surface area (Å²) in [5, 5.41) is 11.4. The first kappa shape index (κ1) is 20.6. The number of halogens is 1. The summed E-state index contributed by atoms with van der Waals surface area (Å²) in [5.74, 6) is -1.41. The fourth-order valence-electron chi connectivity index (χ4n) is 3.58. The van der Waals surface area contributed by atoms with Crippen molar-refractivity contribution < 1.29 is 19.4 Å². The molecule has 1 aliphatic heterocycles. The Kier molecular flexibility index (Phi) is 5.68. The largest absolute Gasteiger partial charge is 0.507 e. The molecule has 4 rings (SSSR count). The Morgan fingerprint density at radius 3 is 2.58 bits per heavy atom. The predicted molar refractivity (Wildman–Crippen MR) is 114 cm³/mol. The highest BCUT2D eigenvalue weighted by molar-refractivity contribution is 6.47. The molecule has 0 bridgehead atoms. The number of benzene rings is 1. The number of carbonyl (C=O) groups is 2. The van der Waals surface area contributed by atoms with Crippen LogP contribution in [0.15, 0.2) is 72.8 Å². The maximum atomic E-state index is 13.1. The van der Waals surface area contributed by atoms with Gasteiger partial charge in [-0.15, -0.1) is 0 Å². The van der Waals surface area contributed by atoms with Crippen molar-refractivity contribution in [1.29, 1.82) is 0 Å². The number of Topliss-reactive ketones (excluding diaryl/α,β-unsaturated/α-hetero) is 1. The van der Waals surface area contributed by atoms with Crippen LogP contribution in [0.1, 0.15) is 22.7 Å². The summed E-state index contributed by atoms with van der Waals surface area (Å²) >= 11 is 6.29. The topological polar surface area (TPSA) is 92.6 Å². The van der Waals surface area contributed by atoms with E-state index in [0.29, 0.717) is 11.3 Å². The van der Waals surface area contributed by atoms with Crippen molar-refractivity contribution in [2.45, 2.75) is 12.6 Å². The number of hydrogen-bond donors (Lipinski definition) is 1. The zero-order chi connectivity index (χ0) is 22.0. The zero-order valence-corrected chi connectivity index (χ0v) is 17.3. The molecule has 1 aliphatic rings. The van der Waals surface area contributed by atoms with Crippen molar-refractivity contribution in [3.63, 3.8) is 0 Å². The van der Waals surface area contributed by atoms with Crippen LogP contribution < -0.4 is 4.74 Å². The van der Waals surface area contributed by atoms with Gasteiger partial charge in [-0.05, 0) is 47.5 Å². The van der Waals surface area contributed by atoms with Gasteiger partial charge in [0.05, 0.1) is 23.7 Å². The lowest BCUT2D eigenvalue weighted by molar-refractivity contribution is -0.140. The molecule has 31 heavy (non-hydrogen) atoms. The number of ketones is 1. The van der Waals surface area contributed by atoms with Gasteiger partial charge >= 0.3 is 0 Å². The van der Waals surface area contributed by atoms with E-state index in [1.165, 1.54) is 18.1 Å². The smallest absolute Gasteiger partial charge is 0.295 e. The van der Waals surface area contributed by atoms with E-state index >= 15 is 0 Å². The maximum absolute atomic E-state index is 13.1. The lowest BCUT2D eigenvalue weighted by Crippen LogP contribution is -2.29. The van der Waals surface area contributed by atoms with Crippen LogP contribution in [0.2, 0.25) is 5.02 Å². The van der Waals surface area contributed by atoms with Gasteiger partial charge in [-0.3, -0.25) is 19.6 Å². The highest BCUT2D eigenvalue weighted by atomic mass is 35.5. The molecular formula is C23H18ClN3O4. The first-order valence-corrected chi connectivity index (χ1v) is 9.80. The van der Waals surface area contributed by atoms with E-state index in [4.69, 9.17) is 16.3 Å². The van der Waals surface area contributed by atoms with E-state index in [2.05, 4.69) is 9.97 Å². The third-order valence-electron chi connectivity index (χ3n) is 5.07. The molecule has 156 valence electrons. The molecule has 7 nitrogen and oxygen atoms in total. The van der Waals surface area contributed by atoms with Crippen molar-refractivity contribution in [3.8, 4) is 5.75 Å². The normalized spacial score (nSPS) is 17.7. The Morgan fingerprint density at radius 2 is 1.90 bits per heavy atom. The molecule has 1 N–H and O–H groups in total. The molecule has 0 saturated carbocycles. The number of pyridine rings is 2. The minimum Gasteiger partial charge on any atom is -0.507 e. The van der Waals surface area contributed by atoms with Gasteiger partial charge in [-0.1, -0.05) is 17.7 Å². The lowest BCUT2D eigenvalue weighted by atomic mass is 9.95. The summed E-state index contributed by atoms with van der Waals surface area (Å²) in [6.45, 7) is 0.147. The van der Waals surface area contributed by atoms with Gasteiger partial charge in [0, 0.05) is 36.9 Å². The number of nitrogens with zero attached hydrogens (tertiary/aromatic N) is 3. The zero-order valence-electron chi connectivity index (χ0n) is 16.5. The number of carbonyl (C=O) groups excluding carboxylic acids is 2. The third kappa shape index (κ3) is 3.87. The molecule has 1 saturated heterocycles. The summed E-state index contributed by atoms with van der Waals surface area (Å²) in [6.07, 6.45) is 6.39. The molecule has 1 amide bonds. The molecule has 1 unspecified atom stereocenters. The number of aliphatic hydroxyl groups is 1. The van der Waals surface area contributed by atoms with E-state index in [9.17, 15) is 14.7 Å². The van der Waals surface area contributed by atoms with Crippen LogP contribution in [-0.4, -0.2) is 38.8 Å². The highest BCUT2D eigenvalue weighted by Gasteiger charge is 2.46. The Labute approximate surface area is 183 Å². The number of likely N-dealkylation sites (tertiary alicyclic amines) is 1. The highest BCUT2D eigenvalue weighted by Crippen LogP contribution is 2.41. The van der Waals surface area contributed by atoms with Crippen LogP contribution in [0.25, 0.3) is 5.76 Å². The van der Waals surface area contributed by atoms with Crippen molar-refractivity contribution in [1.82, 2.24) is 14.9 Å². The number of aromatic nitrogens is 2. The quantitative estimate of drug-likeness (QED) is 0.372. The molecule has 2 aromatic heterocycles. The fourth-order valence-corrected chi connectivity index (χ4v) is 3.79. The summed E-state index contributed by atoms with van der Waals surface area (Å²) < 4.78 is 5.21. The van der Waals surface area contributed by atoms with E-state index in [1.807, 2.05) is 6.07 Å². The Balaban J connectivity index is 1.89. The summed E-state index contributed by atoms with van der Waals surface area (Å²) in [6, 6.07) is 10.9. The third-order valence-corrected chi connectivity index (χ3v) is 5.40. The standard InChI is InChI=1S/C23H18ClN3O4/c1-31-16-4-5-18(24)17(11-16)21(28)19-20(15-6-9-25-10-7-15)27(23(30)22(19)29)13-14-3-2-8-26-12-14/h2-12,20,28H,13H2,1H3/b21-19+. The lowest BCUT2D eigenvalue weighted by Gasteiger charge is -2.25. The number of hydrogen-bond acceptors (Lipinski definition) is 6. The van der Waals surface area contributed by atoms with Crippen molar-refractivity contribution in [2.24, 2.45) is 0 Å². The minimum atomic E-state index is -0.814. The molecule has 0 spiro atoms. The number of amides is 1. The fraction of sp³-hybridized carbons (Fsp3) is 0.130. The molecule has 0 radical (unpaired) electrons. The Bertz CT molecular complexity index is 1170. The predicted octanol–water partition coefficient (Wildman–Crippen LogP) is 3.76. The number of methoxy groups -OCH3 is 1. The second-order valence-corrected chi connectivity index (χ2v) is 7.32. The van der Waals surface area contributed by atoms with Gasteiger partial charge in [0.25, 0.3) is 11.7 Å². The first-order valence-electron chi connectivity index (χ1n) is 9.42. The van der Waals surface area contributed by atoms with Crippen LogP contribution in [0, 0.1) is 0 Å². The molecule has 1 aromatic carbocycles. The minimum absolute atomic E-state index is 0.0461. The molecular weight excluding hydrogens is 418 g/mol. The van der Waals surface area contributed by atoms with Crippen molar-refractivity contribution in [2.75, 3.05) is 7.11 Å². The van der Waals surface area contributed by atoms with Crippen molar-refractivity contribution in [3.05, 3.63) is 94.5 Å². The van der Waals surface area contributed by atoms with Crippen LogP contribution in [0.3, 0.4) is 0 Å². The first-order chi connectivity index (χ1) is 15.0. The number of ether oxygens (including phenoxy) is 1. The average Bonchev–Trinajstić information content (AvgIpc) is 3.05. The molecule has 0 aliphatic carbocycles. The van der Waals surface area contributed by atoms with Gasteiger partial charge < -0.3 is 14.7 Å². The van der Waals surface area contributed by atoms with Crippen LogP contribution in [0.5, 0.6) is 5.75 Å². The van der Waals surface area contributed by atoms with E-state index in [-0.39, 0.29) is 28.5 Å². The van der Waals surface area contributed by atoms with Gasteiger partial charge in [0.1, 0.15) is 11.5 Å². The number of rotatable bonds is 5. The Morgan fingerprint density at radius 1 is 1.13 bits per heavy atom. The van der Waals surface area contributed by atoms with E-state index in [0.717, 1.165) is 5.56 Å². The second kappa shape index (κ2) is 8.57. The van der Waals surface area contributed by atoms with E-state index in [1.54, 1.807) is 55.1 Å².